The first-order chi connectivity index (χ1) is 5.78. The zero-order valence-corrected chi connectivity index (χ0v) is 8.92. The van der Waals surface area contributed by atoms with Gasteiger partial charge in [0.25, 0.3) is 0 Å². The average molecular weight is 183 g/mol. The predicted octanol–water partition coefficient (Wildman–Crippen LogP) is 1.88. The highest BCUT2D eigenvalue weighted by Gasteiger charge is 2.21. The summed E-state index contributed by atoms with van der Waals surface area (Å²) in [6, 6.07) is -0.241. The number of terminal acetylenes is 1. The van der Waals surface area contributed by atoms with Gasteiger partial charge in [0.05, 0.1) is 6.04 Å². The molecule has 0 N–H and O–H groups in total. The molecule has 0 fully saturated rings. The van der Waals surface area contributed by atoms with Gasteiger partial charge in [-0.2, -0.15) is 0 Å². The molecule has 0 radical (unpaired) electrons. The van der Waals surface area contributed by atoms with Crippen molar-refractivity contribution in [2.75, 3.05) is 7.05 Å². The Morgan fingerprint density at radius 1 is 1.54 bits per heavy atom. The van der Waals surface area contributed by atoms with Crippen molar-refractivity contribution in [1.82, 2.24) is 4.90 Å². The standard InChI is InChI=1S/C10H17NO2/c1-7-8(2)11(6)9(12)13-10(3,4)5/h1,8H,2-6H3/t8-/m1/s1. The molecular weight excluding hydrogens is 166 g/mol. The van der Waals surface area contributed by atoms with Crippen LogP contribution in [0.2, 0.25) is 0 Å². The Labute approximate surface area is 80.1 Å². The largest absolute Gasteiger partial charge is 0.444 e. The minimum atomic E-state index is -0.473. The number of carbonyl (C=O) groups excluding carboxylic acids is 1. The van der Waals surface area contributed by atoms with Gasteiger partial charge in [-0.15, -0.1) is 6.42 Å². The van der Waals surface area contributed by atoms with Gasteiger partial charge in [-0.05, 0) is 27.7 Å². The van der Waals surface area contributed by atoms with E-state index in [-0.39, 0.29) is 6.04 Å². The van der Waals surface area contributed by atoms with Crippen LogP contribution in [0.25, 0.3) is 0 Å². The first kappa shape index (κ1) is 11.8. The Bertz CT molecular complexity index is 222. The molecule has 0 aromatic carbocycles. The Hall–Kier alpha value is -1.17. The summed E-state index contributed by atoms with van der Waals surface area (Å²) in [5.74, 6) is 2.46. The van der Waals surface area contributed by atoms with Crippen molar-refractivity contribution in [2.24, 2.45) is 0 Å². The molecule has 0 spiro atoms. The highest BCUT2D eigenvalue weighted by atomic mass is 16.6. The van der Waals surface area contributed by atoms with Crippen molar-refractivity contribution in [3.8, 4) is 12.3 Å². The summed E-state index contributed by atoms with van der Waals surface area (Å²) in [5, 5.41) is 0. The van der Waals surface area contributed by atoms with E-state index in [0.717, 1.165) is 0 Å². The van der Waals surface area contributed by atoms with Crippen molar-refractivity contribution >= 4 is 6.09 Å². The Morgan fingerprint density at radius 2 is 2.00 bits per heavy atom. The second kappa shape index (κ2) is 4.18. The van der Waals surface area contributed by atoms with Gasteiger partial charge >= 0.3 is 6.09 Å². The minimum Gasteiger partial charge on any atom is -0.444 e. The monoisotopic (exact) mass is 183 g/mol. The summed E-state index contributed by atoms with van der Waals surface area (Å²) >= 11 is 0. The molecule has 0 rings (SSSR count). The molecule has 0 aromatic rings. The summed E-state index contributed by atoms with van der Waals surface area (Å²) in [4.78, 5) is 12.8. The topological polar surface area (TPSA) is 29.5 Å². The molecule has 0 bridgehead atoms. The van der Waals surface area contributed by atoms with E-state index in [9.17, 15) is 4.79 Å². The Morgan fingerprint density at radius 3 is 2.31 bits per heavy atom. The summed E-state index contributed by atoms with van der Waals surface area (Å²) in [6.07, 6.45) is 4.78. The molecule has 13 heavy (non-hydrogen) atoms. The van der Waals surface area contributed by atoms with E-state index in [2.05, 4.69) is 5.92 Å². The Kier molecular flexibility index (Phi) is 3.80. The molecule has 0 saturated carbocycles. The van der Waals surface area contributed by atoms with Gasteiger partial charge in [0.1, 0.15) is 5.60 Å². The highest BCUT2D eigenvalue weighted by Crippen LogP contribution is 2.10. The average Bonchev–Trinajstić information content (AvgIpc) is 1.98. The van der Waals surface area contributed by atoms with Gasteiger partial charge in [-0.25, -0.2) is 4.79 Å². The molecule has 0 heterocycles. The Balaban J connectivity index is 4.22. The van der Waals surface area contributed by atoms with Crippen LogP contribution in [0.5, 0.6) is 0 Å². The molecule has 74 valence electrons. The van der Waals surface area contributed by atoms with Crippen LogP contribution in [-0.4, -0.2) is 29.7 Å². The van der Waals surface area contributed by atoms with Crippen molar-refractivity contribution in [2.45, 2.75) is 39.3 Å². The fourth-order valence-electron chi connectivity index (χ4n) is 0.604. The summed E-state index contributed by atoms with van der Waals surface area (Å²) < 4.78 is 5.11. The maximum Gasteiger partial charge on any atom is 0.411 e. The molecular formula is C10H17NO2. The number of ether oxygens (including phenoxy) is 1. The van der Waals surface area contributed by atoms with Crippen LogP contribution in [-0.2, 0) is 4.74 Å². The maximum absolute atomic E-state index is 11.4. The smallest absolute Gasteiger partial charge is 0.411 e. The molecule has 0 aliphatic heterocycles. The number of hydrogen-bond acceptors (Lipinski definition) is 2. The van der Waals surface area contributed by atoms with E-state index < -0.39 is 11.7 Å². The number of nitrogens with zero attached hydrogens (tertiary/aromatic N) is 1. The number of carbonyl (C=O) groups is 1. The number of amides is 1. The van der Waals surface area contributed by atoms with Crippen molar-refractivity contribution in [3.63, 3.8) is 0 Å². The van der Waals surface area contributed by atoms with Crippen LogP contribution in [0.4, 0.5) is 4.79 Å². The maximum atomic E-state index is 11.4. The third-order valence-corrected chi connectivity index (χ3v) is 1.50. The van der Waals surface area contributed by atoms with Crippen LogP contribution in [0.3, 0.4) is 0 Å². The van der Waals surface area contributed by atoms with Crippen LogP contribution in [0.1, 0.15) is 27.7 Å². The van der Waals surface area contributed by atoms with Crippen molar-refractivity contribution in [1.29, 1.82) is 0 Å². The quantitative estimate of drug-likeness (QED) is 0.581. The molecule has 1 atom stereocenters. The molecule has 0 aliphatic rings. The predicted molar refractivity (Wildman–Crippen MR) is 52.3 cm³/mol. The highest BCUT2D eigenvalue weighted by molar-refractivity contribution is 5.68. The van der Waals surface area contributed by atoms with Gasteiger partial charge in [0.15, 0.2) is 0 Å². The molecule has 0 aromatic heterocycles. The van der Waals surface area contributed by atoms with Gasteiger partial charge in [0.2, 0.25) is 0 Å². The van der Waals surface area contributed by atoms with Crippen LogP contribution in [0.15, 0.2) is 0 Å². The number of rotatable bonds is 1. The molecule has 3 nitrogen and oxygen atoms in total. The third kappa shape index (κ3) is 4.41. The zero-order chi connectivity index (χ0) is 10.6. The fraction of sp³-hybridized carbons (Fsp3) is 0.700. The second-order valence-corrected chi connectivity index (χ2v) is 3.93. The lowest BCUT2D eigenvalue weighted by molar-refractivity contribution is 0.0272. The first-order valence-corrected chi connectivity index (χ1v) is 4.20. The normalized spacial score (nSPS) is 12.9. The van der Waals surface area contributed by atoms with Gasteiger partial charge < -0.3 is 4.74 Å². The minimum absolute atomic E-state index is 0.241. The zero-order valence-electron chi connectivity index (χ0n) is 8.92. The van der Waals surface area contributed by atoms with E-state index in [1.807, 2.05) is 20.8 Å². The molecule has 1 amide bonds. The van der Waals surface area contributed by atoms with E-state index in [1.54, 1.807) is 14.0 Å². The van der Waals surface area contributed by atoms with E-state index >= 15 is 0 Å². The molecule has 3 heteroatoms. The summed E-state index contributed by atoms with van der Waals surface area (Å²) in [7, 11) is 1.62. The van der Waals surface area contributed by atoms with Crippen LogP contribution >= 0.6 is 0 Å². The van der Waals surface area contributed by atoms with E-state index in [1.165, 1.54) is 4.90 Å². The van der Waals surface area contributed by atoms with E-state index in [4.69, 9.17) is 11.2 Å². The SMILES string of the molecule is C#C[C@@H](C)N(C)C(=O)OC(C)(C)C. The van der Waals surface area contributed by atoms with E-state index in [0.29, 0.717) is 0 Å². The first-order valence-electron chi connectivity index (χ1n) is 4.20. The third-order valence-electron chi connectivity index (χ3n) is 1.50. The lowest BCUT2D eigenvalue weighted by Gasteiger charge is -2.26. The lowest BCUT2D eigenvalue weighted by Crippen LogP contribution is -2.38. The van der Waals surface area contributed by atoms with Gasteiger partial charge in [-0.1, -0.05) is 5.92 Å². The summed E-state index contributed by atoms with van der Waals surface area (Å²) in [5.41, 5.74) is -0.473. The van der Waals surface area contributed by atoms with Crippen molar-refractivity contribution < 1.29 is 9.53 Å². The lowest BCUT2D eigenvalue weighted by atomic mass is 10.2. The molecule has 0 aliphatic carbocycles. The van der Waals surface area contributed by atoms with Crippen LogP contribution < -0.4 is 0 Å². The molecule has 0 unspecified atom stereocenters. The fourth-order valence-corrected chi connectivity index (χ4v) is 0.604. The molecule has 0 saturated heterocycles. The second-order valence-electron chi connectivity index (χ2n) is 3.93. The van der Waals surface area contributed by atoms with Crippen molar-refractivity contribution in [3.05, 3.63) is 0 Å². The van der Waals surface area contributed by atoms with Gasteiger partial charge in [-0.3, -0.25) is 4.90 Å². The van der Waals surface area contributed by atoms with Gasteiger partial charge in [0, 0.05) is 7.05 Å². The number of hydrogen-bond donors (Lipinski definition) is 0. The van der Waals surface area contributed by atoms with Crippen LogP contribution in [0, 0.1) is 12.3 Å². The summed E-state index contributed by atoms with van der Waals surface area (Å²) in [6.45, 7) is 7.22.